The van der Waals surface area contributed by atoms with Gasteiger partial charge >= 0.3 is 11.6 Å². The van der Waals surface area contributed by atoms with Crippen molar-refractivity contribution in [3.8, 4) is 23.1 Å². The summed E-state index contributed by atoms with van der Waals surface area (Å²) >= 11 is 0. The van der Waals surface area contributed by atoms with Crippen molar-refractivity contribution in [2.24, 2.45) is 0 Å². The van der Waals surface area contributed by atoms with Crippen LogP contribution in [-0.2, 0) is 0 Å². The van der Waals surface area contributed by atoms with Crippen molar-refractivity contribution in [1.82, 2.24) is 14.9 Å². The van der Waals surface area contributed by atoms with Crippen molar-refractivity contribution in [2.75, 3.05) is 25.1 Å². The summed E-state index contributed by atoms with van der Waals surface area (Å²) in [5.41, 5.74) is 0.599. The van der Waals surface area contributed by atoms with Gasteiger partial charge in [-0.05, 0) is 69.7 Å². The highest BCUT2D eigenvalue weighted by Crippen LogP contribution is 2.40. The standard InChI is InChI=1S/C26H23F2N3O4.C7H12FN/c1-12-8-16(27)9-13(2)31(12)24-21-22(29-26(30-24)34-4)14(3)23(35-25(21)33)18-11-17(32)10-15-6-5-7-19(28)20(15)18;8-6-4-7-2-1-3-9(7)5-6/h5-7,10-11,13,16,32H,1,8-9H2,2-4H3;6-7H,1-5H2. The molecule has 3 saturated heterocycles. The van der Waals surface area contributed by atoms with E-state index >= 15 is 0 Å². The Labute approximate surface area is 252 Å². The third-order valence-corrected chi connectivity index (χ3v) is 8.83. The number of hydrogen-bond acceptors (Lipinski definition) is 8. The molecule has 3 aliphatic heterocycles. The summed E-state index contributed by atoms with van der Waals surface area (Å²) < 4.78 is 52.6. The van der Waals surface area contributed by atoms with Crippen LogP contribution in [0.2, 0.25) is 0 Å². The molecular weight excluding hydrogens is 573 g/mol. The highest BCUT2D eigenvalue weighted by Gasteiger charge is 2.35. The normalized spacial score (nSPS) is 23.6. The lowest BCUT2D eigenvalue weighted by Gasteiger charge is -2.37. The van der Waals surface area contributed by atoms with E-state index in [0.29, 0.717) is 29.2 Å². The summed E-state index contributed by atoms with van der Waals surface area (Å²) in [6, 6.07) is 7.55. The SMILES string of the molecule is C=C1CC(F)CC(C)N1c1nc(OC)nc2c(C)c(-c3cc(O)cc4cccc(F)c34)oc(=O)c12.FC1CC2CCCN2C1. The predicted octanol–water partition coefficient (Wildman–Crippen LogP) is 6.60. The number of piperidine rings is 1. The minimum Gasteiger partial charge on any atom is -0.508 e. The Morgan fingerprint density at radius 3 is 2.66 bits per heavy atom. The minimum absolute atomic E-state index is 0.00136. The van der Waals surface area contributed by atoms with Crippen LogP contribution < -0.4 is 15.3 Å². The molecule has 0 aliphatic carbocycles. The van der Waals surface area contributed by atoms with Crippen LogP contribution in [0.4, 0.5) is 19.0 Å². The number of halogens is 3. The second kappa shape index (κ2) is 11.8. The highest BCUT2D eigenvalue weighted by molar-refractivity contribution is 6.01. The quantitative estimate of drug-likeness (QED) is 0.278. The molecule has 4 unspecified atom stereocenters. The van der Waals surface area contributed by atoms with Crippen LogP contribution in [0, 0.1) is 12.7 Å². The number of methoxy groups -OCH3 is 1. The van der Waals surface area contributed by atoms with Gasteiger partial charge in [-0.3, -0.25) is 4.90 Å². The van der Waals surface area contributed by atoms with Crippen LogP contribution >= 0.6 is 0 Å². The number of alkyl halides is 2. The lowest BCUT2D eigenvalue weighted by atomic mass is 9.97. The van der Waals surface area contributed by atoms with Crippen LogP contribution in [0.1, 0.15) is 44.6 Å². The molecule has 4 atom stereocenters. The molecule has 2 aromatic heterocycles. The lowest BCUT2D eigenvalue weighted by molar-refractivity contribution is 0.270. The third kappa shape index (κ3) is 5.38. The number of ether oxygens (including phenoxy) is 1. The Morgan fingerprint density at radius 2 is 1.93 bits per heavy atom. The Balaban J connectivity index is 0.000000323. The number of aromatic nitrogens is 2. The van der Waals surface area contributed by atoms with Crippen molar-refractivity contribution in [3.63, 3.8) is 0 Å². The maximum absolute atomic E-state index is 14.9. The molecule has 3 aliphatic rings. The number of allylic oxidation sites excluding steroid dienone is 1. The summed E-state index contributed by atoms with van der Waals surface area (Å²) in [4.78, 5) is 26.2. The van der Waals surface area contributed by atoms with Gasteiger partial charge in [-0.15, -0.1) is 0 Å². The maximum atomic E-state index is 14.9. The van der Waals surface area contributed by atoms with Crippen molar-refractivity contribution < 1.29 is 27.4 Å². The number of fused-ring (bicyclic) bond motifs is 3. The van der Waals surface area contributed by atoms with Gasteiger partial charge in [0.15, 0.2) is 5.82 Å². The first-order chi connectivity index (χ1) is 21.0. The fraction of sp³-hybridized carbons (Fsp3) is 0.424. The van der Waals surface area contributed by atoms with Gasteiger partial charge in [0.1, 0.15) is 35.1 Å². The van der Waals surface area contributed by atoms with E-state index in [1.54, 1.807) is 17.9 Å². The zero-order valence-corrected chi connectivity index (χ0v) is 24.9. The van der Waals surface area contributed by atoms with Crippen LogP contribution in [-0.4, -0.2) is 64.6 Å². The van der Waals surface area contributed by atoms with Crippen LogP contribution in [0.15, 0.2) is 51.8 Å². The Hall–Kier alpha value is -4.12. The van der Waals surface area contributed by atoms with Gasteiger partial charge in [-0.1, -0.05) is 18.7 Å². The highest BCUT2D eigenvalue weighted by atomic mass is 19.1. The van der Waals surface area contributed by atoms with Gasteiger partial charge in [0.2, 0.25) is 0 Å². The zero-order valence-electron chi connectivity index (χ0n) is 24.9. The molecular formula is C33H35F3N4O4. The Bertz CT molecular complexity index is 1800. The molecule has 5 heterocycles. The van der Waals surface area contributed by atoms with E-state index in [1.165, 1.54) is 44.2 Å². The van der Waals surface area contributed by atoms with E-state index in [1.807, 2.05) is 6.92 Å². The Kier molecular flexibility index (Phi) is 8.00. The van der Waals surface area contributed by atoms with E-state index in [0.717, 1.165) is 13.0 Å². The van der Waals surface area contributed by atoms with Crippen molar-refractivity contribution in [3.05, 3.63) is 64.4 Å². The molecule has 0 bridgehead atoms. The minimum atomic E-state index is -1.04. The first-order valence-electron chi connectivity index (χ1n) is 14.9. The number of anilines is 1. The number of rotatable bonds is 3. The van der Waals surface area contributed by atoms with E-state index < -0.39 is 23.8 Å². The molecule has 0 spiro atoms. The molecule has 2 aromatic carbocycles. The number of nitrogens with zero attached hydrogens (tertiary/aromatic N) is 4. The number of phenolic OH excluding ortho intramolecular Hbond substituents is 1. The molecule has 1 N–H and O–H groups in total. The smallest absolute Gasteiger partial charge is 0.349 e. The summed E-state index contributed by atoms with van der Waals surface area (Å²) in [6.07, 6.45) is 2.12. The van der Waals surface area contributed by atoms with E-state index in [4.69, 9.17) is 9.15 Å². The van der Waals surface area contributed by atoms with Crippen molar-refractivity contribution in [1.29, 1.82) is 0 Å². The topological polar surface area (TPSA) is 91.9 Å². The average molecular weight is 609 g/mol. The number of aryl methyl sites for hydroxylation is 1. The summed E-state index contributed by atoms with van der Waals surface area (Å²) in [5.74, 6) is -0.360. The lowest BCUT2D eigenvalue weighted by Crippen LogP contribution is -2.40. The zero-order chi connectivity index (χ0) is 31.3. The fourth-order valence-electron chi connectivity index (χ4n) is 6.89. The number of benzene rings is 2. The molecule has 4 aromatic rings. The van der Waals surface area contributed by atoms with E-state index in [2.05, 4.69) is 21.4 Å². The molecule has 0 amide bonds. The van der Waals surface area contributed by atoms with Crippen molar-refractivity contribution in [2.45, 2.75) is 70.4 Å². The second-order valence-corrected chi connectivity index (χ2v) is 11.9. The average Bonchev–Trinajstić information content (AvgIpc) is 3.55. The maximum Gasteiger partial charge on any atom is 0.349 e. The molecule has 232 valence electrons. The molecule has 0 saturated carbocycles. The third-order valence-electron chi connectivity index (χ3n) is 8.83. The molecule has 44 heavy (non-hydrogen) atoms. The predicted molar refractivity (Wildman–Crippen MR) is 163 cm³/mol. The second-order valence-electron chi connectivity index (χ2n) is 11.9. The largest absolute Gasteiger partial charge is 0.508 e. The fourth-order valence-corrected chi connectivity index (χ4v) is 6.89. The summed E-state index contributed by atoms with van der Waals surface area (Å²) in [7, 11) is 1.40. The first-order valence-corrected chi connectivity index (χ1v) is 14.9. The van der Waals surface area contributed by atoms with Crippen molar-refractivity contribution >= 4 is 27.5 Å². The van der Waals surface area contributed by atoms with E-state index in [-0.39, 0.29) is 64.1 Å². The number of hydrogen-bond donors (Lipinski definition) is 1. The van der Waals surface area contributed by atoms with Gasteiger partial charge in [0.05, 0.1) is 12.6 Å². The van der Waals surface area contributed by atoms with Crippen LogP contribution in [0.5, 0.6) is 11.8 Å². The number of aromatic hydroxyl groups is 1. The summed E-state index contributed by atoms with van der Waals surface area (Å²) in [6.45, 7) is 9.35. The van der Waals surface area contributed by atoms with Gasteiger partial charge in [0, 0.05) is 47.3 Å². The van der Waals surface area contributed by atoms with Crippen LogP contribution in [0.25, 0.3) is 33.0 Å². The van der Waals surface area contributed by atoms with Gasteiger partial charge < -0.3 is 19.2 Å². The van der Waals surface area contributed by atoms with Crippen LogP contribution in [0.3, 0.4) is 0 Å². The molecule has 11 heteroatoms. The molecule has 8 nitrogen and oxygen atoms in total. The molecule has 3 fully saturated rings. The monoisotopic (exact) mass is 608 g/mol. The number of phenols is 1. The summed E-state index contributed by atoms with van der Waals surface area (Å²) in [5, 5.41) is 11.0. The molecule has 7 rings (SSSR count). The Morgan fingerprint density at radius 1 is 1.14 bits per heavy atom. The molecule has 0 radical (unpaired) electrons. The first kappa shape index (κ1) is 29.9. The van der Waals surface area contributed by atoms with E-state index in [9.17, 15) is 23.1 Å². The van der Waals surface area contributed by atoms with Gasteiger partial charge in [0.25, 0.3) is 0 Å². The van der Waals surface area contributed by atoms with Gasteiger partial charge in [-0.25, -0.2) is 18.0 Å². The van der Waals surface area contributed by atoms with Gasteiger partial charge in [-0.2, -0.15) is 9.97 Å².